The number of rotatable bonds is 17. The van der Waals surface area contributed by atoms with Crippen LogP contribution in [0.5, 0.6) is 5.75 Å². The molecule has 3 amide bonds. The van der Waals surface area contributed by atoms with Crippen LogP contribution in [0, 0.1) is 5.92 Å². The smallest absolute Gasteiger partial charge is 0.408 e. The Kier molecular flexibility index (Phi) is 16.1. The largest absolute Gasteiger partial charge is 0.508 e. The third-order valence-corrected chi connectivity index (χ3v) is 8.02. The maximum Gasteiger partial charge on any atom is 0.408 e. The molecule has 0 aliphatic carbocycles. The number of nitrogens with zero attached hydrogens (tertiary/aromatic N) is 1. The first-order valence-corrected chi connectivity index (χ1v) is 17.6. The van der Waals surface area contributed by atoms with Crippen molar-refractivity contribution >= 4 is 23.9 Å². The number of hydrogen-bond acceptors (Lipinski definition) is 7. The van der Waals surface area contributed by atoms with E-state index < -0.39 is 53.2 Å². The second kappa shape index (κ2) is 19.2. The van der Waals surface area contributed by atoms with Gasteiger partial charge in [0.15, 0.2) is 0 Å². The van der Waals surface area contributed by atoms with Crippen LogP contribution >= 0.6 is 0 Å². The highest BCUT2D eigenvalue weighted by molar-refractivity contribution is 5.94. The highest BCUT2D eigenvalue weighted by Crippen LogP contribution is 2.31. The van der Waals surface area contributed by atoms with Crippen LogP contribution in [0.2, 0.25) is 0 Å². The maximum absolute atomic E-state index is 14.7. The summed E-state index contributed by atoms with van der Waals surface area (Å²) in [7, 11) is 0. The first-order valence-electron chi connectivity index (χ1n) is 17.6. The number of phenols is 1. The van der Waals surface area contributed by atoms with Crippen molar-refractivity contribution in [2.24, 2.45) is 5.92 Å². The molecule has 0 aliphatic heterocycles. The summed E-state index contributed by atoms with van der Waals surface area (Å²) in [6.45, 7) is 16.5. The van der Waals surface area contributed by atoms with Crippen molar-refractivity contribution in [2.75, 3.05) is 6.54 Å². The van der Waals surface area contributed by atoms with E-state index in [1.807, 2.05) is 44.2 Å². The summed E-state index contributed by atoms with van der Waals surface area (Å²) in [6, 6.07) is 12.2. The van der Waals surface area contributed by atoms with Gasteiger partial charge >= 0.3 is 12.1 Å². The molecule has 0 bridgehead atoms. The molecule has 49 heavy (non-hydrogen) atoms. The van der Waals surface area contributed by atoms with Crippen molar-refractivity contribution in [3.63, 3.8) is 0 Å². The predicted molar refractivity (Wildman–Crippen MR) is 192 cm³/mol. The fourth-order valence-corrected chi connectivity index (χ4v) is 5.38. The highest BCUT2D eigenvalue weighted by atomic mass is 16.6. The molecule has 10 nitrogen and oxygen atoms in total. The number of nitrogens with one attached hydrogen (secondary N) is 2. The summed E-state index contributed by atoms with van der Waals surface area (Å²) in [5, 5.41) is 16.8. The number of amides is 3. The Morgan fingerprint density at radius 1 is 0.796 bits per heavy atom. The SMILES string of the molecule is CCCCCCCN(C(=O)C(NC(=O)OC(C)(C)C)C(C)CC)C(C(=O)NC(Cc1ccccc1)C(=O)OC(C)(C)C)c1ccccc1O. The van der Waals surface area contributed by atoms with E-state index in [2.05, 4.69) is 17.6 Å². The molecule has 0 spiro atoms. The fraction of sp³-hybridized carbons (Fsp3) is 0.590. The van der Waals surface area contributed by atoms with Gasteiger partial charge in [-0.1, -0.05) is 101 Å². The van der Waals surface area contributed by atoms with Gasteiger partial charge in [0, 0.05) is 18.5 Å². The van der Waals surface area contributed by atoms with E-state index in [4.69, 9.17) is 9.47 Å². The predicted octanol–water partition coefficient (Wildman–Crippen LogP) is 7.24. The minimum absolute atomic E-state index is 0.148. The lowest BCUT2D eigenvalue weighted by Crippen LogP contribution is -2.56. The van der Waals surface area contributed by atoms with Crippen molar-refractivity contribution in [3.05, 3.63) is 65.7 Å². The third kappa shape index (κ3) is 14.1. The molecule has 0 aliphatic rings. The van der Waals surface area contributed by atoms with Gasteiger partial charge in [0.25, 0.3) is 0 Å². The van der Waals surface area contributed by atoms with Gasteiger partial charge < -0.3 is 30.1 Å². The number of esters is 1. The summed E-state index contributed by atoms with van der Waals surface area (Å²) < 4.78 is 11.2. The van der Waals surface area contributed by atoms with Crippen molar-refractivity contribution < 1.29 is 33.8 Å². The van der Waals surface area contributed by atoms with Crippen LogP contribution in [0.1, 0.15) is 118 Å². The third-order valence-electron chi connectivity index (χ3n) is 8.02. The minimum Gasteiger partial charge on any atom is -0.508 e. The van der Waals surface area contributed by atoms with Crippen LogP contribution < -0.4 is 10.6 Å². The lowest BCUT2D eigenvalue weighted by atomic mass is 9.95. The molecule has 0 fully saturated rings. The van der Waals surface area contributed by atoms with E-state index in [1.54, 1.807) is 59.7 Å². The molecule has 4 unspecified atom stereocenters. The molecular formula is C39H59N3O7. The van der Waals surface area contributed by atoms with E-state index in [0.717, 1.165) is 31.2 Å². The molecule has 2 aromatic carbocycles. The zero-order chi connectivity index (χ0) is 36.8. The van der Waals surface area contributed by atoms with Gasteiger partial charge in [-0.3, -0.25) is 9.59 Å². The first kappa shape index (κ1) is 41.1. The molecule has 0 saturated carbocycles. The van der Waals surface area contributed by atoms with Gasteiger partial charge in [0.1, 0.15) is 35.1 Å². The number of unbranched alkanes of at least 4 members (excludes halogenated alkanes) is 4. The fourth-order valence-electron chi connectivity index (χ4n) is 5.38. The second-order valence-electron chi connectivity index (χ2n) is 14.7. The van der Waals surface area contributed by atoms with Gasteiger partial charge in [-0.25, -0.2) is 9.59 Å². The molecule has 272 valence electrons. The Morgan fingerprint density at radius 3 is 1.96 bits per heavy atom. The van der Waals surface area contributed by atoms with Crippen LogP contribution in [-0.4, -0.2) is 63.7 Å². The molecular weight excluding hydrogens is 622 g/mol. The van der Waals surface area contributed by atoms with Gasteiger partial charge in [-0.05, 0) is 65.5 Å². The van der Waals surface area contributed by atoms with E-state index in [9.17, 15) is 24.3 Å². The monoisotopic (exact) mass is 681 g/mol. The molecule has 0 heterocycles. The van der Waals surface area contributed by atoms with Gasteiger partial charge in [0.2, 0.25) is 11.8 Å². The number of carbonyl (C=O) groups is 4. The normalized spacial score (nSPS) is 14.1. The van der Waals surface area contributed by atoms with Crippen molar-refractivity contribution in [1.82, 2.24) is 15.5 Å². The lowest BCUT2D eigenvalue weighted by molar-refractivity contribution is -0.159. The number of ether oxygens (including phenoxy) is 2. The van der Waals surface area contributed by atoms with E-state index in [1.165, 1.54) is 11.0 Å². The Bertz CT molecular complexity index is 1350. The number of carbonyl (C=O) groups excluding carboxylic acids is 4. The number of phenolic OH excluding ortho intramolecular Hbond substituents is 1. The van der Waals surface area contributed by atoms with Crippen molar-refractivity contribution in [2.45, 2.75) is 137 Å². The van der Waals surface area contributed by atoms with E-state index in [-0.39, 0.29) is 30.2 Å². The Labute approximate surface area is 293 Å². The first-order chi connectivity index (χ1) is 23.0. The lowest BCUT2D eigenvalue weighted by Gasteiger charge is -2.37. The van der Waals surface area contributed by atoms with E-state index in [0.29, 0.717) is 12.8 Å². The molecule has 4 atom stereocenters. The Hall–Kier alpha value is -4.08. The molecule has 2 aromatic rings. The van der Waals surface area contributed by atoms with Crippen molar-refractivity contribution in [3.8, 4) is 5.75 Å². The summed E-state index contributed by atoms with van der Waals surface area (Å²) in [5.74, 6) is -2.26. The van der Waals surface area contributed by atoms with Crippen LogP contribution in [0.15, 0.2) is 54.6 Å². The number of hydrogen-bond donors (Lipinski definition) is 3. The molecule has 2 rings (SSSR count). The zero-order valence-corrected chi connectivity index (χ0v) is 31.0. The molecule has 0 aromatic heterocycles. The maximum atomic E-state index is 14.7. The molecule has 0 saturated heterocycles. The standard InChI is InChI=1S/C39H59N3O7/c1-10-12-13-14-20-25-42(35(45)32(27(3)11-2)41-37(47)49-39(7,8)9)33(29-23-18-19-24-31(29)43)34(44)40-30(36(46)48-38(4,5)6)26-28-21-16-15-17-22-28/h15-19,21-24,27,30,32-33,43H,10-14,20,25-26H2,1-9H3,(H,40,44)(H,41,47). The second-order valence-corrected chi connectivity index (χ2v) is 14.7. The number of aromatic hydroxyl groups is 1. The van der Waals surface area contributed by atoms with Gasteiger partial charge in [-0.2, -0.15) is 0 Å². The van der Waals surface area contributed by atoms with Crippen LogP contribution in [0.4, 0.5) is 4.79 Å². The van der Waals surface area contributed by atoms with Gasteiger partial charge in [-0.15, -0.1) is 0 Å². The van der Waals surface area contributed by atoms with Crippen LogP contribution in [0.3, 0.4) is 0 Å². The highest BCUT2D eigenvalue weighted by Gasteiger charge is 2.40. The molecule has 10 heteroatoms. The van der Waals surface area contributed by atoms with Gasteiger partial charge in [0.05, 0.1) is 0 Å². The topological polar surface area (TPSA) is 134 Å². The molecule has 0 radical (unpaired) electrons. The number of alkyl carbamates (subject to hydrolysis) is 1. The summed E-state index contributed by atoms with van der Waals surface area (Å²) in [4.78, 5) is 57.3. The number of benzene rings is 2. The summed E-state index contributed by atoms with van der Waals surface area (Å²) in [5.41, 5.74) is -0.602. The van der Waals surface area contributed by atoms with Crippen LogP contribution in [-0.2, 0) is 30.3 Å². The number of para-hydroxylation sites is 1. The zero-order valence-electron chi connectivity index (χ0n) is 31.0. The molecule has 3 N–H and O–H groups in total. The average molecular weight is 682 g/mol. The average Bonchev–Trinajstić information content (AvgIpc) is 3.01. The quantitative estimate of drug-likeness (QED) is 0.118. The van der Waals surface area contributed by atoms with E-state index >= 15 is 0 Å². The van der Waals surface area contributed by atoms with Crippen molar-refractivity contribution in [1.29, 1.82) is 0 Å². The Balaban J connectivity index is 2.66. The summed E-state index contributed by atoms with van der Waals surface area (Å²) in [6.07, 6.45) is 4.38. The summed E-state index contributed by atoms with van der Waals surface area (Å²) >= 11 is 0. The minimum atomic E-state index is -1.33. The van der Waals surface area contributed by atoms with Crippen LogP contribution in [0.25, 0.3) is 0 Å². The Morgan fingerprint density at radius 2 is 1.39 bits per heavy atom.